The van der Waals surface area contributed by atoms with Crippen molar-refractivity contribution in [2.45, 2.75) is 27.2 Å². The lowest BCUT2D eigenvalue weighted by Gasteiger charge is -2.11. The van der Waals surface area contributed by atoms with Crippen molar-refractivity contribution >= 4 is 5.78 Å². The summed E-state index contributed by atoms with van der Waals surface area (Å²) < 4.78 is 18.3. The van der Waals surface area contributed by atoms with Crippen LogP contribution in [0.25, 0.3) is 0 Å². The number of Topliss-reactive ketones (excluding diaryl/α,β-unsaturated/α-hetero) is 1. The number of rotatable bonds is 4. The van der Waals surface area contributed by atoms with Crippen molar-refractivity contribution in [2.75, 3.05) is 7.11 Å². The summed E-state index contributed by atoms with van der Waals surface area (Å²) in [7, 11) is 1.39. The minimum absolute atomic E-state index is 0.0386. The number of benzene rings is 2. The zero-order chi connectivity index (χ0) is 15.6. The molecule has 0 aromatic heterocycles. The molecule has 0 bridgehead atoms. The van der Waals surface area contributed by atoms with E-state index in [1.54, 1.807) is 0 Å². The molecule has 0 spiro atoms. The maximum Gasteiger partial charge on any atom is 0.167 e. The number of carbonyl (C=O) groups excluding carboxylic acids is 1. The standard InChI is InChI=1S/C18H19FO2/c1-11-7-12(2)15(13(3)8-11)10-17(20)14-5-6-16(19)18(9-14)21-4/h5-9H,10H2,1-4H3. The van der Waals surface area contributed by atoms with Gasteiger partial charge in [0.25, 0.3) is 0 Å². The molecule has 0 aliphatic rings. The van der Waals surface area contributed by atoms with Gasteiger partial charge in [-0.2, -0.15) is 0 Å². The average molecular weight is 286 g/mol. The number of carbonyl (C=O) groups is 1. The maximum atomic E-state index is 13.4. The third kappa shape index (κ3) is 3.30. The van der Waals surface area contributed by atoms with Crippen LogP contribution in [-0.2, 0) is 6.42 Å². The Morgan fingerprint density at radius 2 is 1.71 bits per heavy atom. The normalized spacial score (nSPS) is 10.5. The van der Waals surface area contributed by atoms with Crippen LogP contribution in [0.2, 0.25) is 0 Å². The molecule has 3 heteroatoms. The number of hydrogen-bond donors (Lipinski definition) is 0. The molecule has 0 fully saturated rings. The summed E-state index contributed by atoms with van der Waals surface area (Å²) in [6.07, 6.45) is 0.312. The predicted molar refractivity (Wildman–Crippen MR) is 81.6 cm³/mol. The first-order valence-electron chi connectivity index (χ1n) is 6.86. The highest BCUT2D eigenvalue weighted by atomic mass is 19.1. The molecule has 0 aliphatic heterocycles. The van der Waals surface area contributed by atoms with Crippen LogP contribution in [-0.4, -0.2) is 12.9 Å². The number of halogens is 1. The fraction of sp³-hybridized carbons (Fsp3) is 0.278. The number of methoxy groups -OCH3 is 1. The van der Waals surface area contributed by atoms with E-state index in [0.29, 0.717) is 12.0 Å². The van der Waals surface area contributed by atoms with Crippen LogP contribution < -0.4 is 4.74 Å². The zero-order valence-electron chi connectivity index (χ0n) is 12.8. The summed E-state index contributed by atoms with van der Waals surface area (Å²) in [6, 6.07) is 8.36. The monoisotopic (exact) mass is 286 g/mol. The van der Waals surface area contributed by atoms with Gasteiger partial charge in [0.15, 0.2) is 17.3 Å². The lowest BCUT2D eigenvalue weighted by Crippen LogP contribution is -2.07. The molecule has 0 unspecified atom stereocenters. The van der Waals surface area contributed by atoms with Gasteiger partial charge in [-0.15, -0.1) is 0 Å². The van der Waals surface area contributed by atoms with E-state index in [4.69, 9.17) is 4.74 Å². The Kier molecular flexibility index (Phi) is 4.41. The van der Waals surface area contributed by atoms with Gasteiger partial charge < -0.3 is 4.74 Å². The summed E-state index contributed by atoms with van der Waals surface area (Å²) in [5, 5.41) is 0. The summed E-state index contributed by atoms with van der Waals surface area (Å²) in [5.74, 6) is -0.404. The van der Waals surface area contributed by atoms with Crippen LogP contribution in [0.3, 0.4) is 0 Å². The van der Waals surface area contributed by atoms with Crippen molar-refractivity contribution in [1.29, 1.82) is 0 Å². The average Bonchev–Trinajstić information content (AvgIpc) is 2.43. The van der Waals surface area contributed by atoms with Crippen LogP contribution in [0.15, 0.2) is 30.3 Å². The molecule has 0 N–H and O–H groups in total. The van der Waals surface area contributed by atoms with E-state index in [9.17, 15) is 9.18 Å². The van der Waals surface area contributed by atoms with E-state index in [0.717, 1.165) is 16.7 Å². The molecule has 2 nitrogen and oxygen atoms in total. The zero-order valence-corrected chi connectivity index (χ0v) is 12.8. The molecular weight excluding hydrogens is 267 g/mol. The fourth-order valence-electron chi connectivity index (χ4n) is 2.58. The lowest BCUT2D eigenvalue weighted by atomic mass is 9.94. The second kappa shape index (κ2) is 6.08. The Morgan fingerprint density at radius 1 is 1.10 bits per heavy atom. The molecule has 0 radical (unpaired) electrons. The number of hydrogen-bond acceptors (Lipinski definition) is 2. The van der Waals surface area contributed by atoms with Crippen molar-refractivity contribution in [3.63, 3.8) is 0 Å². The molecule has 0 saturated heterocycles. The van der Waals surface area contributed by atoms with Crippen LogP contribution in [0.5, 0.6) is 5.75 Å². The highest BCUT2D eigenvalue weighted by Crippen LogP contribution is 2.22. The molecule has 2 aromatic rings. The first-order chi connectivity index (χ1) is 9.92. The summed E-state index contributed by atoms with van der Waals surface area (Å²) >= 11 is 0. The van der Waals surface area contributed by atoms with Gasteiger partial charge in [0, 0.05) is 12.0 Å². The topological polar surface area (TPSA) is 26.3 Å². The first-order valence-corrected chi connectivity index (χ1v) is 6.86. The van der Waals surface area contributed by atoms with Crippen LogP contribution in [0.4, 0.5) is 4.39 Å². The van der Waals surface area contributed by atoms with Crippen molar-refractivity contribution in [1.82, 2.24) is 0 Å². The molecule has 21 heavy (non-hydrogen) atoms. The summed E-state index contributed by atoms with van der Waals surface area (Å²) in [6.45, 7) is 6.05. The van der Waals surface area contributed by atoms with E-state index in [2.05, 4.69) is 12.1 Å². The molecule has 110 valence electrons. The van der Waals surface area contributed by atoms with E-state index >= 15 is 0 Å². The second-order valence-corrected chi connectivity index (χ2v) is 5.33. The van der Waals surface area contributed by atoms with Gasteiger partial charge in [-0.05, 0) is 55.7 Å². The van der Waals surface area contributed by atoms with E-state index in [-0.39, 0.29) is 11.5 Å². The quantitative estimate of drug-likeness (QED) is 0.788. The molecule has 0 amide bonds. The van der Waals surface area contributed by atoms with Gasteiger partial charge in [0.2, 0.25) is 0 Å². The van der Waals surface area contributed by atoms with E-state index in [1.807, 2.05) is 20.8 Å². The predicted octanol–water partition coefficient (Wildman–Crippen LogP) is 4.18. The van der Waals surface area contributed by atoms with Gasteiger partial charge >= 0.3 is 0 Å². The molecular formula is C18H19FO2. The first kappa shape index (κ1) is 15.2. The van der Waals surface area contributed by atoms with Gasteiger partial charge in [0.1, 0.15) is 0 Å². The van der Waals surface area contributed by atoms with E-state index in [1.165, 1.54) is 30.9 Å². The highest BCUT2D eigenvalue weighted by molar-refractivity contribution is 5.98. The van der Waals surface area contributed by atoms with Gasteiger partial charge in [0.05, 0.1) is 7.11 Å². The smallest absolute Gasteiger partial charge is 0.167 e. The Labute approximate surface area is 124 Å². The second-order valence-electron chi connectivity index (χ2n) is 5.33. The third-order valence-corrected chi connectivity index (χ3v) is 3.65. The fourth-order valence-corrected chi connectivity index (χ4v) is 2.58. The number of ether oxygens (including phenoxy) is 1. The Hall–Kier alpha value is -2.16. The van der Waals surface area contributed by atoms with Crippen molar-refractivity contribution in [2.24, 2.45) is 0 Å². The summed E-state index contributed by atoms with van der Waals surface area (Å²) in [5.41, 5.74) is 4.90. The van der Waals surface area contributed by atoms with Gasteiger partial charge in [-0.1, -0.05) is 17.7 Å². The van der Waals surface area contributed by atoms with Crippen molar-refractivity contribution in [3.05, 3.63) is 64.0 Å². The maximum absolute atomic E-state index is 13.4. The van der Waals surface area contributed by atoms with Crippen LogP contribution in [0, 0.1) is 26.6 Å². The molecule has 0 heterocycles. The third-order valence-electron chi connectivity index (χ3n) is 3.65. The van der Waals surface area contributed by atoms with E-state index < -0.39 is 5.82 Å². The van der Waals surface area contributed by atoms with Crippen LogP contribution >= 0.6 is 0 Å². The number of aryl methyl sites for hydroxylation is 3. The minimum Gasteiger partial charge on any atom is -0.494 e. The molecule has 0 atom stereocenters. The van der Waals surface area contributed by atoms with Crippen molar-refractivity contribution < 1.29 is 13.9 Å². The summed E-state index contributed by atoms with van der Waals surface area (Å²) in [4.78, 5) is 12.4. The Balaban J connectivity index is 2.30. The van der Waals surface area contributed by atoms with Gasteiger partial charge in [-0.25, -0.2) is 4.39 Å². The Bertz CT molecular complexity index is 667. The molecule has 0 aliphatic carbocycles. The Morgan fingerprint density at radius 3 is 2.29 bits per heavy atom. The number of ketones is 1. The largest absolute Gasteiger partial charge is 0.494 e. The molecule has 2 rings (SSSR count). The van der Waals surface area contributed by atoms with Crippen molar-refractivity contribution in [3.8, 4) is 5.75 Å². The highest BCUT2D eigenvalue weighted by Gasteiger charge is 2.13. The molecule has 0 saturated carbocycles. The van der Waals surface area contributed by atoms with Crippen LogP contribution in [0.1, 0.15) is 32.6 Å². The SMILES string of the molecule is COc1cc(C(=O)Cc2c(C)cc(C)cc2C)ccc1F. The minimum atomic E-state index is -0.461. The lowest BCUT2D eigenvalue weighted by molar-refractivity contribution is 0.0992. The molecule has 2 aromatic carbocycles. The van der Waals surface area contributed by atoms with Gasteiger partial charge in [-0.3, -0.25) is 4.79 Å².